The molecule has 27 heavy (non-hydrogen) atoms. The van der Waals surface area contributed by atoms with Crippen molar-refractivity contribution in [3.05, 3.63) is 29.7 Å². The van der Waals surface area contributed by atoms with Gasteiger partial charge in [-0.2, -0.15) is 5.10 Å². The second-order valence-electron chi connectivity index (χ2n) is 7.20. The predicted octanol–water partition coefficient (Wildman–Crippen LogP) is 2.76. The van der Waals surface area contributed by atoms with Crippen molar-refractivity contribution in [3.63, 3.8) is 0 Å². The summed E-state index contributed by atoms with van der Waals surface area (Å²) in [5.41, 5.74) is 3.60. The van der Waals surface area contributed by atoms with Gasteiger partial charge in [0, 0.05) is 50.4 Å². The number of pyridine rings is 1. The Morgan fingerprint density at radius 3 is 2.74 bits per heavy atom. The van der Waals surface area contributed by atoms with Crippen LogP contribution in [-0.4, -0.2) is 39.0 Å². The molecule has 3 heterocycles. The first-order valence-corrected chi connectivity index (χ1v) is 9.24. The lowest BCUT2D eigenvalue weighted by atomic mass is 10.1. The van der Waals surface area contributed by atoms with E-state index in [2.05, 4.69) is 20.7 Å². The van der Waals surface area contributed by atoms with Gasteiger partial charge in [0.15, 0.2) is 0 Å². The molecule has 3 N–H and O–H groups in total. The van der Waals surface area contributed by atoms with Gasteiger partial charge in [-0.1, -0.05) is 0 Å². The fourth-order valence-corrected chi connectivity index (χ4v) is 3.17. The van der Waals surface area contributed by atoms with Gasteiger partial charge in [0.1, 0.15) is 11.5 Å². The maximum Gasteiger partial charge on any atom is 0.228 e. The van der Waals surface area contributed by atoms with Crippen LogP contribution in [-0.2, 0) is 18.4 Å². The zero-order chi connectivity index (χ0) is 19.6. The van der Waals surface area contributed by atoms with Gasteiger partial charge in [-0.05, 0) is 27.2 Å². The number of carbonyl (C=O) groups excluding carboxylic acids is 1. The molecule has 0 aliphatic carbocycles. The van der Waals surface area contributed by atoms with Crippen LogP contribution in [0.3, 0.4) is 0 Å². The smallest absolute Gasteiger partial charge is 0.228 e. The fourth-order valence-electron chi connectivity index (χ4n) is 3.17. The highest BCUT2D eigenvalue weighted by Crippen LogP contribution is 2.32. The van der Waals surface area contributed by atoms with Gasteiger partial charge in [-0.3, -0.25) is 14.4 Å². The van der Waals surface area contributed by atoms with Crippen molar-refractivity contribution < 1.29 is 4.79 Å². The highest BCUT2D eigenvalue weighted by molar-refractivity contribution is 6.04. The topological polar surface area (TPSA) is 98.9 Å². The summed E-state index contributed by atoms with van der Waals surface area (Å²) >= 11 is 0. The molecule has 1 saturated heterocycles. The second-order valence-corrected chi connectivity index (χ2v) is 7.20. The largest absolute Gasteiger partial charge is 0.379 e. The van der Waals surface area contributed by atoms with Crippen LogP contribution >= 0.6 is 0 Å². The molecule has 0 bridgehead atoms. The number of nitrogens with one attached hydrogen (secondary N) is 3. The lowest BCUT2D eigenvalue weighted by Crippen LogP contribution is -2.26. The van der Waals surface area contributed by atoms with Gasteiger partial charge in [0.05, 0.1) is 23.3 Å². The molecule has 0 atom stereocenters. The van der Waals surface area contributed by atoms with E-state index in [1.54, 1.807) is 16.5 Å². The summed E-state index contributed by atoms with van der Waals surface area (Å²) in [6, 6.07) is 2.08. The lowest BCUT2D eigenvalue weighted by Gasteiger charge is -2.23. The second kappa shape index (κ2) is 7.77. The third-order valence-corrected chi connectivity index (χ3v) is 4.39. The van der Waals surface area contributed by atoms with Crippen LogP contribution in [0, 0.1) is 5.41 Å². The van der Waals surface area contributed by atoms with Crippen molar-refractivity contribution in [2.75, 3.05) is 22.1 Å². The first kappa shape index (κ1) is 18.9. The number of nitrogens with zero attached hydrogens (tertiary/aromatic N) is 4. The summed E-state index contributed by atoms with van der Waals surface area (Å²) in [6.07, 6.45) is 5.16. The van der Waals surface area contributed by atoms with Crippen molar-refractivity contribution >= 4 is 28.8 Å². The van der Waals surface area contributed by atoms with Crippen molar-refractivity contribution in [3.8, 4) is 0 Å². The van der Waals surface area contributed by atoms with Crippen molar-refractivity contribution in [2.24, 2.45) is 7.05 Å². The summed E-state index contributed by atoms with van der Waals surface area (Å²) < 4.78 is 1.76. The van der Waals surface area contributed by atoms with E-state index in [1.165, 1.54) is 0 Å². The Balaban J connectivity index is 2.00. The van der Waals surface area contributed by atoms with Crippen molar-refractivity contribution in [2.45, 2.75) is 46.2 Å². The van der Waals surface area contributed by atoms with Crippen LogP contribution in [0.25, 0.3) is 0 Å². The molecule has 2 aromatic rings. The lowest BCUT2D eigenvalue weighted by molar-refractivity contribution is -0.117. The molecular formula is C19H27N7O. The van der Waals surface area contributed by atoms with Gasteiger partial charge < -0.3 is 16.0 Å². The molecule has 8 heteroatoms. The molecule has 0 saturated carbocycles. The molecular weight excluding hydrogens is 342 g/mol. The van der Waals surface area contributed by atoms with Crippen LogP contribution < -0.4 is 15.5 Å². The Hall–Kier alpha value is -2.90. The summed E-state index contributed by atoms with van der Waals surface area (Å²) in [7, 11) is 1.88. The molecule has 0 radical (unpaired) electrons. The molecule has 3 rings (SSSR count). The average Bonchev–Trinajstić information content (AvgIpc) is 3.21. The molecule has 1 aliphatic heterocycles. The molecule has 2 aromatic heterocycles. The Morgan fingerprint density at radius 2 is 2.19 bits per heavy atom. The minimum Gasteiger partial charge on any atom is -0.379 e. The SMILES string of the molecule is CC(=N)c1nc(N2CCCC2=O)cc(NCc2cnn(C)c2)c1NC(C)C. The molecule has 1 aliphatic rings. The maximum atomic E-state index is 12.2. The van der Waals surface area contributed by atoms with E-state index in [0.717, 1.165) is 23.4 Å². The normalized spacial score (nSPS) is 14.1. The van der Waals surface area contributed by atoms with Crippen LogP contribution in [0.2, 0.25) is 0 Å². The molecule has 1 fully saturated rings. The van der Waals surface area contributed by atoms with Gasteiger partial charge >= 0.3 is 0 Å². The first-order chi connectivity index (χ1) is 12.8. The minimum absolute atomic E-state index is 0.0823. The summed E-state index contributed by atoms with van der Waals surface area (Å²) in [5, 5.41) is 19.2. The minimum atomic E-state index is 0.0823. The summed E-state index contributed by atoms with van der Waals surface area (Å²) in [4.78, 5) is 18.5. The van der Waals surface area contributed by atoms with Gasteiger partial charge in [0.2, 0.25) is 5.91 Å². The van der Waals surface area contributed by atoms with Gasteiger partial charge in [-0.25, -0.2) is 4.98 Å². The third kappa shape index (κ3) is 4.27. The molecule has 0 aromatic carbocycles. The maximum absolute atomic E-state index is 12.2. The Bertz CT molecular complexity index is 856. The summed E-state index contributed by atoms with van der Waals surface area (Å²) in [6.45, 7) is 7.07. The first-order valence-electron chi connectivity index (χ1n) is 9.24. The van der Waals surface area contributed by atoms with Gasteiger partial charge in [-0.15, -0.1) is 0 Å². The number of rotatable bonds is 7. The molecule has 1 amide bonds. The Labute approximate surface area is 159 Å². The number of anilines is 3. The van der Waals surface area contributed by atoms with E-state index in [-0.39, 0.29) is 11.9 Å². The monoisotopic (exact) mass is 369 g/mol. The quantitative estimate of drug-likeness (QED) is 0.652. The number of amides is 1. The molecule has 144 valence electrons. The van der Waals surface area contributed by atoms with Gasteiger partial charge in [0.25, 0.3) is 0 Å². The number of hydrogen-bond donors (Lipinski definition) is 3. The molecule has 0 unspecified atom stereocenters. The highest BCUT2D eigenvalue weighted by Gasteiger charge is 2.25. The number of hydrogen-bond acceptors (Lipinski definition) is 6. The number of aromatic nitrogens is 3. The zero-order valence-electron chi connectivity index (χ0n) is 16.3. The van der Waals surface area contributed by atoms with E-state index in [4.69, 9.17) is 5.41 Å². The number of carbonyl (C=O) groups is 1. The third-order valence-electron chi connectivity index (χ3n) is 4.39. The number of aryl methyl sites for hydroxylation is 1. The van der Waals surface area contributed by atoms with Crippen LogP contribution in [0.4, 0.5) is 17.2 Å². The predicted molar refractivity (Wildman–Crippen MR) is 108 cm³/mol. The fraction of sp³-hybridized carbons (Fsp3) is 0.474. The van der Waals surface area contributed by atoms with Crippen molar-refractivity contribution in [1.29, 1.82) is 5.41 Å². The van der Waals surface area contributed by atoms with E-state index in [0.29, 0.717) is 36.7 Å². The Kier molecular flexibility index (Phi) is 5.43. The van der Waals surface area contributed by atoms with E-state index >= 15 is 0 Å². The zero-order valence-corrected chi connectivity index (χ0v) is 16.3. The standard InChI is InChI=1S/C19H27N7O/c1-12(2)23-19-15(21-9-14-10-22-25(4)11-14)8-16(24-18(19)13(3)20)26-7-5-6-17(26)27/h8,10-12,20,23H,5-7,9H2,1-4H3,(H,21,24). The van der Waals surface area contributed by atoms with E-state index in [9.17, 15) is 4.79 Å². The van der Waals surface area contributed by atoms with E-state index in [1.807, 2.05) is 39.4 Å². The van der Waals surface area contributed by atoms with Crippen LogP contribution in [0.5, 0.6) is 0 Å². The van der Waals surface area contributed by atoms with E-state index < -0.39 is 0 Å². The Morgan fingerprint density at radius 1 is 1.41 bits per heavy atom. The summed E-state index contributed by atoms with van der Waals surface area (Å²) in [5.74, 6) is 0.681. The van der Waals surface area contributed by atoms with Crippen LogP contribution in [0.15, 0.2) is 18.5 Å². The average molecular weight is 369 g/mol. The molecule has 0 spiro atoms. The highest BCUT2D eigenvalue weighted by atomic mass is 16.2. The van der Waals surface area contributed by atoms with Crippen molar-refractivity contribution in [1.82, 2.24) is 14.8 Å². The van der Waals surface area contributed by atoms with Crippen LogP contribution in [0.1, 0.15) is 44.9 Å². The molecule has 8 nitrogen and oxygen atoms in total.